The first kappa shape index (κ1) is 7.35. The predicted octanol–water partition coefficient (Wildman–Crippen LogP) is 2.08. The van der Waals surface area contributed by atoms with Crippen LogP contribution in [0.25, 0.3) is 0 Å². The van der Waals surface area contributed by atoms with E-state index in [1.165, 1.54) is 0 Å². The van der Waals surface area contributed by atoms with E-state index in [0.29, 0.717) is 6.42 Å². The Morgan fingerprint density at radius 1 is 1.50 bits per heavy atom. The third kappa shape index (κ3) is 0.916. The van der Waals surface area contributed by atoms with Gasteiger partial charge in [0.05, 0.1) is 0 Å². The number of Topliss-reactive ketones (excluding diaryl/α,β-unsaturated/α-hetero) is 1. The van der Waals surface area contributed by atoms with Crippen LogP contribution in [0.5, 0.6) is 5.75 Å². The van der Waals surface area contributed by atoms with Gasteiger partial charge in [0.1, 0.15) is 5.75 Å². The van der Waals surface area contributed by atoms with Gasteiger partial charge in [0.25, 0.3) is 0 Å². The van der Waals surface area contributed by atoms with E-state index in [4.69, 9.17) is 0 Å². The van der Waals surface area contributed by atoms with Crippen molar-refractivity contribution in [1.82, 2.24) is 0 Å². The monoisotopic (exact) mass is 162 g/mol. The summed E-state index contributed by atoms with van der Waals surface area (Å²) < 4.78 is 0. The summed E-state index contributed by atoms with van der Waals surface area (Å²) >= 11 is 0. The number of rotatable bonds is 0. The second-order valence-electron chi connectivity index (χ2n) is 3.30. The molecule has 0 radical (unpaired) electrons. The fourth-order valence-electron chi connectivity index (χ4n) is 1.71. The molecule has 1 aromatic carbocycles. The van der Waals surface area contributed by atoms with Crippen LogP contribution in [0.3, 0.4) is 0 Å². The zero-order valence-corrected chi connectivity index (χ0v) is 6.87. The minimum atomic E-state index is 0.192. The molecular formula is C10H10O2. The maximum absolute atomic E-state index is 11.3. The van der Waals surface area contributed by atoms with Crippen LogP contribution in [0.4, 0.5) is 0 Å². The molecule has 62 valence electrons. The third-order valence-corrected chi connectivity index (χ3v) is 2.36. The number of carbonyl (C=O) groups excluding carboxylic acids is 1. The molecule has 2 rings (SSSR count). The van der Waals surface area contributed by atoms with Crippen LogP contribution in [-0.2, 0) is 0 Å². The highest BCUT2D eigenvalue weighted by Crippen LogP contribution is 2.34. The molecule has 0 bridgehead atoms. The van der Waals surface area contributed by atoms with E-state index in [0.717, 1.165) is 11.1 Å². The molecule has 0 fully saturated rings. The van der Waals surface area contributed by atoms with E-state index in [-0.39, 0.29) is 17.5 Å². The highest BCUT2D eigenvalue weighted by atomic mass is 16.3. The number of aromatic hydroxyl groups is 1. The van der Waals surface area contributed by atoms with Gasteiger partial charge < -0.3 is 5.11 Å². The van der Waals surface area contributed by atoms with E-state index in [1.54, 1.807) is 18.2 Å². The van der Waals surface area contributed by atoms with E-state index >= 15 is 0 Å². The van der Waals surface area contributed by atoms with Crippen LogP contribution in [0.2, 0.25) is 0 Å². The smallest absolute Gasteiger partial charge is 0.163 e. The lowest BCUT2D eigenvalue weighted by Crippen LogP contribution is -1.89. The molecule has 12 heavy (non-hydrogen) atoms. The van der Waals surface area contributed by atoms with Gasteiger partial charge >= 0.3 is 0 Å². The summed E-state index contributed by atoms with van der Waals surface area (Å²) in [5.74, 6) is 0.701. The number of benzene rings is 1. The topological polar surface area (TPSA) is 37.3 Å². The van der Waals surface area contributed by atoms with Crippen molar-refractivity contribution in [2.75, 3.05) is 0 Å². The van der Waals surface area contributed by atoms with Crippen LogP contribution in [0, 0.1) is 0 Å². The zero-order chi connectivity index (χ0) is 8.72. The highest BCUT2D eigenvalue weighted by molar-refractivity contribution is 6.01. The Labute approximate surface area is 70.8 Å². The molecule has 1 aliphatic carbocycles. The molecular weight excluding hydrogens is 152 g/mol. The SMILES string of the molecule is C[C@@H]1CC(=O)c2ccc(O)cc21. The summed E-state index contributed by atoms with van der Waals surface area (Å²) in [6, 6.07) is 4.95. The molecule has 0 spiro atoms. The number of hydrogen-bond donors (Lipinski definition) is 1. The van der Waals surface area contributed by atoms with Gasteiger partial charge in [-0.3, -0.25) is 4.79 Å². The van der Waals surface area contributed by atoms with Crippen LogP contribution < -0.4 is 0 Å². The first-order chi connectivity index (χ1) is 5.68. The van der Waals surface area contributed by atoms with Gasteiger partial charge in [0.15, 0.2) is 5.78 Å². The normalized spacial score (nSPS) is 21.1. The Bertz CT molecular complexity index is 342. The lowest BCUT2D eigenvalue weighted by Gasteiger charge is -2.02. The number of fused-ring (bicyclic) bond motifs is 1. The van der Waals surface area contributed by atoms with E-state index in [9.17, 15) is 9.90 Å². The Morgan fingerprint density at radius 3 is 3.00 bits per heavy atom. The lowest BCUT2D eigenvalue weighted by molar-refractivity contribution is 0.0990. The van der Waals surface area contributed by atoms with Gasteiger partial charge in [-0.15, -0.1) is 0 Å². The average Bonchev–Trinajstić information content (AvgIpc) is 2.28. The first-order valence-corrected chi connectivity index (χ1v) is 4.04. The fourth-order valence-corrected chi connectivity index (χ4v) is 1.71. The van der Waals surface area contributed by atoms with Crippen molar-refractivity contribution in [3.8, 4) is 5.75 Å². The van der Waals surface area contributed by atoms with Crippen molar-refractivity contribution in [1.29, 1.82) is 0 Å². The Hall–Kier alpha value is -1.31. The van der Waals surface area contributed by atoms with E-state index in [1.807, 2.05) is 6.92 Å². The van der Waals surface area contributed by atoms with E-state index < -0.39 is 0 Å². The molecule has 0 amide bonds. The Kier molecular flexibility index (Phi) is 1.43. The molecule has 1 aliphatic rings. The van der Waals surface area contributed by atoms with Crippen molar-refractivity contribution >= 4 is 5.78 Å². The summed E-state index contributed by atoms with van der Waals surface area (Å²) in [7, 11) is 0. The maximum Gasteiger partial charge on any atom is 0.163 e. The molecule has 0 aliphatic heterocycles. The number of carbonyl (C=O) groups is 1. The van der Waals surface area contributed by atoms with Gasteiger partial charge in [-0.05, 0) is 29.7 Å². The quantitative estimate of drug-likeness (QED) is 0.634. The summed E-state index contributed by atoms with van der Waals surface area (Å²) in [6.45, 7) is 2.00. The van der Waals surface area contributed by atoms with Gasteiger partial charge in [0.2, 0.25) is 0 Å². The molecule has 0 heterocycles. The second kappa shape index (κ2) is 2.34. The van der Waals surface area contributed by atoms with Gasteiger partial charge in [0, 0.05) is 12.0 Å². The minimum absolute atomic E-state index is 0.192. The summed E-state index contributed by atoms with van der Waals surface area (Å²) in [5, 5.41) is 9.19. The van der Waals surface area contributed by atoms with Gasteiger partial charge in [-0.2, -0.15) is 0 Å². The molecule has 2 nitrogen and oxygen atoms in total. The standard InChI is InChI=1S/C10H10O2/c1-6-4-10(12)8-3-2-7(11)5-9(6)8/h2-3,5-6,11H,4H2,1H3/t6-/m1/s1. The van der Waals surface area contributed by atoms with Gasteiger partial charge in [-0.1, -0.05) is 6.92 Å². The van der Waals surface area contributed by atoms with Crippen molar-refractivity contribution in [3.63, 3.8) is 0 Å². The highest BCUT2D eigenvalue weighted by Gasteiger charge is 2.25. The van der Waals surface area contributed by atoms with Crippen molar-refractivity contribution < 1.29 is 9.90 Å². The van der Waals surface area contributed by atoms with Crippen LogP contribution in [0.15, 0.2) is 18.2 Å². The van der Waals surface area contributed by atoms with Gasteiger partial charge in [-0.25, -0.2) is 0 Å². The molecule has 0 saturated carbocycles. The number of phenols is 1. The van der Waals surface area contributed by atoms with Crippen molar-refractivity contribution in [2.24, 2.45) is 0 Å². The Morgan fingerprint density at radius 2 is 2.25 bits per heavy atom. The average molecular weight is 162 g/mol. The largest absolute Gasteiger partial charge is 0.508 e. The molecule has 0 aromatic heterocycles. The Balaban J connectivity index is 2.60. The molecule has 2 heteroatoms. The third-order valence-electron chi connectivity index (χ3n) is 2.36. The first-order valence-electron chi connectivity index (χ1n) is 4.04. The summed E-state index contributed by atoms with van der Waals surface area (Å²) in [4.78, 5) is 11.3. The second-order valence-corrected chi connectivity index (χ2v) is 3.30. The minimum Gasteiger partial charge on any atom is -0.508 e. The van der Waals surface area contributed by atoms with E-state index in [2.05, 4.69) is 0 Å². The van der Waals surface area contributed by atoms with Crippen LogP contribution in [0.1, 0.15) is 35.2 Å². The fraction of sp³-hybridized carbons (Fsp3) is 0.300. The zero-order valence-electron chi connectivity index (χ0n) is 6.87. The van der Waals surface area contributed by atoms with Crippen LogP contribution in [-0.4, -0.2) is 10.9 Å². The molecule has 1 atom stereocenters. The summed E-state index contributed by atoms with van der Waals surface area (Å²) in [6.07, 6.45) is 0.582. The summed E-state index contributed by atoms with van der Waals surface area (Å²) in [5.41, 5.74) is 1.76. The maximum atomic E-state index is 11.3. The number of ketones is 1. The molecule has 0 unspecified atom stereocenters. The lowest BCUT2D eigenvalue weighted by atomic mass is 10.0. The molecule has 1 N–H and O–H groups in total. The number of hydrogen-bond acceptors (Lipinski definition) is 2. The molecule has 1 aromatic rings. The van der Waals surface area contributed by atoms with Crippen molar-refractivity contribution in [3.05, 3.63) is 29.3 Å². The van der Waals surface area contributed by atoms with Crippen LogP contribution >= 0.6 is 0 Å². The van der Waals surface area contributed by atoms with Crippen molar-refractivity contribution in [2.45, 2.75) is 19.3 Å². The molecule has 0 saturated heterocycles. The number of phenolic OH excluding ortho intramolecular Hbond substituents is 1. The predicted molar refractivity (Wildman–Crippen MR) is 45.5 cm³/mol.